The highest BCUT2D eigenvalue weighted by atomic mass is 35.5. The minimum Gasteiger partial charge on any atom is -0.383 e. The van der Waals surface area contributed by atoms with Crippen LogP contribution in [0.5, 0.6) is 5.75 Å². The Kier molecular flexibility index (Phi) is 3.20. The Morgan fingerprint density at radius 1 is 1.25 bits per heavy atom. The van der Waals surface area contributed by atoms with Gasteiger partial charge in [-0.05, 0) is 12.1 Å². The number of rotatable bonds is 2. The van der Waals surface area contributed by atoms with Crippen LogP contribution in [0.15, 0.2) is 18.2 Å². The predicted octanol–water partition coefficient (Wildman–Crippen LogP) is 1.90. The summed E-state index contributed by atoms with van der Waals surface area (Å²) < 4.78 is 24.7. The fourth-order valence-corrected chi connectivity index (χ4v) is 1.33. The Morgan fingerprint density at radius 3 is 2.50 bits per heavy atom. The van der Waals surface area contributed by atoms with E-state index in [4.69, 9.17) is 23.2 Å². The van der Waals surface area contributed by atoms with Gasteiger partial charge >= 0.3 is 0 Å². The van der Waals surface area contributed by atoms with Crippen LogP contribution in [0, 0.1) is 0 Å². The summed E-state index contributed by atoms with van der Waals surface area (Å²) in [6.07, 6.45) is 0. The van der Waals surface area contributed by atoms with Gasteiger partial charge in [-0.25, -0.2) is 0 Å². The maximum atomic E-state index is 10.1. The van der Waals surface area contributed by atoms with Crippen molar-refractivity contribution in [2.75, 3.05) is 0 Å². The highest BCUT2D eigenvalue weighted by Crippen LogP contribution is 2.31. The molecule has 66 valence electrons. The first-order valence-corrected chi connectivity index (χ1v) is 4.73. The number of benzene rings is 1. The van der Waals surface area contributed by atoms with Crippen molar-refractivity contribution in [2.24, 2.45) is 0 Å². The molecule has 1 aromatic rings. The molecule has 0 saturated carbocycles. The van der Waals surface area contributed by atoms with Crippen LogP contribution >= 0.6 is 23.2 Å². The average molecular weight is 227 g/mol. The molecule has 0 aliphatic carbocycles. The number of hydrogen-bond donors (Lipinski definition) is 1. The minimum absolute atomic E-state index is 0.0419. The molecule has 0 spiro atoms. The summed E-state index contributed by atoms with van der Waals surface area (Å²) in [6, 6.07) is 4.50. The molecule has 3 nitrogen and oxygen atoms in total. The normalized spacial score (nSPS) is 10.2. The SMILES string of the molecule is O=[SH](=O)Oc1cccc(Cl)c1Cl. The van der Waals surface area contributed by atoms with Gasteiger partial charge in [-0.1, -0.05) is 29.3 Å². The Labute approximate surface area is 81.0 Å². The summed E-state index contributed by atoms with van der Waals surface area (Å²) in [5.41, 5.74) is 0. The van der Waals surface area contributed by atoms with Gasteiger partial charge in [-0.3, -0.25) is 0 Å². The number of halogens is 2. The van der Waals surface area contributed by atoms with E-state index in [0.717, 1.165) is 0 Å². The molecule has 0 N–H and O–H groups in total. The molecular formula is C6H4Cl2O3S. The lowest BCUT2D eigenvalue weighted by Crippen LogP contribution is -1.90. The Balaban J connectivity index is 3.08. The van der Waals surface area contributed by atoms with Crippen molar-refractivity contribution in [1.29, 1.82) is 0 Å². The van der Waals surface area contributed by atoms with Crippen LogP contribution in [0.4, 0.5) is 0 Å². The Morgan fingerprint density at radius 2 is 1.92 bits per heavy atom. The van der Waals surface area contributed by atoms with Gasteiger partial charge in [0.15, 0.2) is 5.75 Å². The lowest BCUT2D eigenvalue weighted by Gasteiger charge is -2.00. The molecule has 0 radical (unpaired) electrons. The van der Waals surface area contributed by atoms with Gasteiger partial charge < -0.3 is 4.18 Å². The van der Waals surface area contributed by atoms with E-state index in [0.29, 0.717) is 0 Å². The maximum Gasteiger partial charge on any atom is 0.299 e. The topological polar surface area (TPSA) is 43.4 Å². The second-order valence-electron chi connectivity index (χ2n) is 1.87. The minimum atomic E-state index is -2.95. The zero-order chi connectivity index (χ0) is 9.14. The summed E-state index contributed by atoms with van der Waals surface area (Å²) in [6.45, 7) is 0. The zero-order valence-electron chi connectivity index (χ0n) is 5.66. The van der Waals surface area contributed by atoms with E-state index < -0.39 is 11.0 Å². The van der Waals surface area contributed by atoms with Gasteiger partial charge in [0.05, 0.1) is 5.02 Å². The monoisotopic (exact) mass is 226 g/mol. The molecule has 12 heavy (non-hydrogen) atoms. The molecule has 0 aromatic heterocycles. The maximum absolute atomic E-state index is 10.1. The first kappa shape index (κ1) is 9.64. The first-order valence-electron chi connectivity index (χ1n) is 2.87. The van der Waals surface area contributed by atoms with Crippen molar-refractivity contribution in [3.8, 4) is 5.75 Å². The Hall–Kier alpha value is -0.450. The number of hydrogen-bond acceptors (Lipinski definition) is 3. The largest absolute Gasteiger partial charge is 0.383 e. The third kappa shape index (κ3) is 2.27. The molecule has 0 aliphatic rings. The second kappa shape index (κ2) is 3.98. The molecule has 1 aromatic carbocycles. The zero-order valence-corrected chi connectivity index (χ0v) is 8.07. The Bertz CT molecular complexity index is 354. The lowest BCUT2D eigenvalue weighted by molar-refractivity contribution is 0.511. The highest BCUT2D eigenvalue weighted by Gasteiger charge is 2.05. The molecule has 0 fully saturated rings. The summed E-state index contributed by atoms with van der Waals surface area (Å²) in [7, 11) is -2.95. The second-order valence-corrected chi connectivity index (χ2v) is 3.28. The molecule has 0 bridgehead atoms. The van der Waals surface area contributed by atoms with Crippen molar-refractivity contribution >= 4 is 34.2 Å². The van der Waals surface area contributed by atoms with E-state index in [1.165, 1.54) is 12.1 Å². The van der Waals surface area contributed by atoms with Crippen LogP contribution < -0.4 is 4.18 Å². The van der Waals surface area contributed by atoms with Crippen molar-refractivity contribution in [1.82, 2.24) is 0 Å². The van der Waals surface area contributed by atoms with E-state index in [1.807, 2.05) is 0 Å². The number of thiol groups is 1. The van der Waals surface area contributed by atoms with Crippen LogP contribution in [0.2, 0.25) is 10.0 Å². The van der Waals surface area contributed by atoms with Gasteiger partial charge in [0.1, 0.15) is 5.02 Å². The quantitative estimate of drug-likeness (QED) is 0.784. The van der Waals surface area contributed by atoms with Crippen LogP contribution in [-0.2, 0) is 11.0 Å². The van der Waals surface area contributed by atoms with Crippen LogP contribution in [0.25, 0.3) is 0 Å². The van der Waals surface area contributed by atoms with Crippen molar-refractivity contribution < 1.29 is 12.6 Å². The first-order chi connectivity index (χ1) is 5.61. The fourth-order valence-electron chi connectivity index (χ4n) is 0.635. The summed E-state index contributed by atoms with van der Waals surface area (Å²) in [5.74, 6) is 0.0419. The van der Waals surface area contributed by atoms with Gasteiger partial charge in [0, 0.05) is 0 Å². The van der Waals surface area contributed by atoms with E-state index in [1.54, 1.807) is 6.07 Å². The molecular weight excluding hydrogens is 223 g/mol. The molecule has 6 heteroatoms. The van der Waals surface area contributed by atoms with Crippen LogP contribution in [0.3, 0.4) is 0 Å². The van der Waals surface area contributed by atoms with Gasteiger partial charge in [-0.15, -0.1) is 0 Å². The van der Waals surface area contributed by atoms with Crippen molar-refractivity contribution in [2.45, 2.75) is 0 Å². The third-order valence-corrected chi connectivity index (χ3v) is 2.24. The van der Waals surface area contributed by atoms with E-state index in [-0.39, 0.29) is 15.8 Å². The van der Waals surface area contributed by atoms with Crippen molar-refractivity contribution in [3.05, 3.63) is 28.2 Å². The molecule has 0 saturated heterocycles. The standard InChI is InChI=1S/C6H4Cl2O3S/c7-4-2-1-3-5(6(4)8)11-12(9)10/h1-3,12H. The third-order valence-electron chi connectivity index (χ3n) is 1.09. The molecule has 0 aliphatic heterocycles. The lowest BCUT2D eigenvalue weighted by atomic mass is 10.3. The van der Waals surface area contributed by atoms with Gasteiger partial charge in [0.25, 0.3) is 11.0 Å². The molecule has 0 atom stereocenters. The fraction of sp³-hybridized carbons (Fsp3) is 0. The van der Waals surface area contributed by atoms with Gasteiger partial charge in [0.2, 0.25) is 0 Å². The smallest absolute Gasteiger partial charge is 0.299 e. The highest BCUT2D eigenvalue weighted by molar-refractivity contribution is 7.67. The van der Waals surface area contributed by atoms with E-state index >= 15 is 0 Å². The summed E-state index contributed by atoms with van der Waals surface area (Å²) in [5, 5.41) is 0.351. The summed E-state index contributed by atoms with van der Waals surface area (Å²) >= 11 is 11.2. The molecule has 0 amide bonds. The van der Waals surface area contributed by atoms with E-state index in [9.17, 15) is 8.42 Å². The molecule has 1 rings (SSSR count). The van der Waals surface area contributed by atoms with Crippen LogP contribution in [0.1, 0.15) is 0 Å². The average Bonchev–Trinajstić information content (AvgIpc) is 1.98. The molecule has 0 unspecified atom stereocenters. The van der Waals surface area contributed by atoms with Gasteiger partial charge in [-0.2, -0.15) is 8.42 Å². The summed E-state index contributed by atoms with van der Waals surface area (Å²) in [4.78, 5) is 0. The van der Waals surface area contributed by atoms with Crippen LogP contribution in [-0.4, -0.2) is 8.42 Å². The predicted molar refractivity (Wildman–Crippen MR) is 47.4 cm³/mol. The van der Waals surface area contributed by atoms with Crippen molar-refractivity contribution in [3.63, 3.8) is 0 Å². The molecule has 0 heterocycles. The van der Waals surface area contributed by atoms with E-state index in [2.05, 4.69) is 4.18 Å².